The maximum atomic E-state index is 13.2. The minimum absolute atomic E-state index is 0.00313. The van der Waals surface area contributed by atoms with Gasteiger partial charge in [0.25, 0.3) is 5.91 Å². The zero-order chi connectivity index (χ0) is 20.3. The highest BCUT2D eigenvalue weighted by Gasteiger charge is 2.34. The largest absolute Gasteiger partial charge is 0.417 e. The molecule has 1 amide bonds. The molecule has 2 heterocycles. The lowest BCUT2D eigenvalue weighted by Crippen LogP contribution is -2.19. The van der Waals surface area contributed by atoms with Crippen LogP contribution in [-0.2, 0) is 12.7 Å². The molecule has 0 fully saturated rings. The van der Waals surface area contributed by atoms with Crippen LogP contribution in [0.1, 0.15) is 16.1 Å². The summed E-state index contributed by atoms with van der Waals surface area (Å²) in [7, 11) is 3.85. The smallest absolute Gasteiger partial charge is 0.308 e. The number of nitrogens with zero attached hydrogens (tertiary/aromatic N) is 5. The van der Waals surface area contributed by atoms with Crippen molar-refractivity contribution in [1.29, 1.82) is 0 Å². The van der Waals surface area contributed by atoms with Gasteiger partial charge in [-0.3, -0.25) is 15.2 Å². The predicted octanol–water partition coefficient (Wildman–Crippen LogP) is 2.50. The van der Waals surface area contributed by atoms with E-state index in [-0.39, 0.29) is 22.9 Å². The normalized spacial score (nSPS) is 11.8. The van der Waals surface area contributed by atoms with Crippen molar-refractivity contribution in [2.24, 2.45) is 0 Å². The summed E-state index contributed by atoms with van der Waals surface area (Å²) in [5.74, 6) is -0.510. The van der Waals surface area contributed by atoms with Crippen LogP contribution in [0.3, 0.4) is 0 Å². The van der Waals surface area contributed by atoms with Gasteiger partial charge in [0.05, 0.1) is 17.8 Å². The number of hydrogen-bond donors (Lipinski definition) is 2. The fourth-order valence-electron chi connectivity index (χ4n) is 2.46. The molecule has 0 aliphatic rings. The molecule has 0 spiro atoms. The van der Waals surface area contributed by atoms with Gasteiger partial charge in [0, 0.05) is 12.1 Å². The van der Waals surface area contributed by atoms with Crippen molar-refractivity contribution in [2.75, 3.05) is 26.0 Å². The van der Waals surface area contributed by atoms with Gasteiger partial charge in [0.15, 0.2) is 0 Å². The number of alkyl halides is 3. The molecular weight excluding hydrogens is 375 g/mol. The number of rotatable bonds is 6. The lowest BCUT2D eigenvalue weighted by Gasteiger charge is -2.10. The van der Waals surface area contributed by atoms with Gasteiger partial charge in [-0.25, -0.2) is 9.67 Å². The van der Waals surface area contributed by atoms with Crippen molar-refractivity contribution in [3.63, 3.8) is 0 Å². The molecule has 3 rings (SSSR count). The van der Waals surface area contributed by atoms with Gasteiger partial charge < -0.3 is 4.90 Å². The van der Waals surface area contributed by atoms with E-state index in [1.165, 1.54) is 30.6 Å². The molecule has 0 aliphatic heterocycles. The molecule has 11 heteroatoms. The first-order valence-corrected chi connectivity index (χ1v) is 8.31. The summed E-state index contributed by atoms with van der Waals surface area (Å²) in [5, 5.41) is 12.9. The van der Waals surface area contributed by atoms with Crippen LogP contribution in [0, 0.1) is 0 Å². The molecule has 2 N–H and O–H groups in total. The first-order chi connectivity index (χ1) is 13.2. The Hall–Kier alpha value is -3.21. The van der Waals surface area contributed by atoms with Crippen LogP contribution in [0.5, 0.6) is 0 Å². The molecule has 0 saturated heterocycles. The molecule has 1 aromatic carbocycles. The minimum atomic E-state index is -4.53. The van der Waals surface area contributed by atoms with Crippen molar-refractivity contribution in [2.45, 2.75) is 12.7 Å². The number of carbonyl (C=O) groups excluding carboxylic acids is 1. The summed E-state index contributed by atoms with van der Waals surface area (Å²) in [6.45, 7) is 1.34. The zero-order valence-corrected chi connectivity index (χ0v) is 15.2. The van der Waals surface area contributed by atoms with Gasteiger partial charge in [-0.05, 0) is 26.2 Å². The number of hydrogen-bond acceptors (Lipinski definition) is 5. The molecule has 28 heavy (non-hydrogen) atoms. The number of aromatic nitrogens is 5. The molecule has 2 aromatic heterocycles. The van der Waals surface area contributed by atoms with E-state index < -0.39 is 17.6 Å². The number of amides is 1. The standard InChI is InChI=1S/C17H18F3N7O/c1-26(2)7-8-27-10-21-16(25-27)22-15(28)14-9-13(23-24-14)11-5-3-4-6-12(11)17(18,19)20/h3-6,9-10H,7-8H2,1-2H3,(H,23,24)(H,22,25,28). The van der Waals surface area contributed by atoms with Gasteiger partial charge in [-0.15, -0.1) is 5.10 Å². The summed E-state index contributed by atoms with van der Waals surface area (Å²) >= 11 is 0. The maximum Gasteiger partial charge on any atom is 0.417 e. The summed E-state index contributed by atoms with van der Waals surface area (Å²) in [5.41, 5.74) is -0.926. The number of H-pyrrole nitrogens is 1. The van der Waals surface area contributed by atoms with E-state index >= 15 is 0 Å². The number of carbonyl (C=O) groups is 1. The number of likely N-dealkylation sites (N-methyl/N-ethyl adjacent to an activating group) is 1. The average molecular weight is 393 g/mol. The maximum absolute atomic E-state index is 13.2. The topological polar surface area (TPSA) is 91.7 Å². The predicted molar refractivity (Wildman–Crippen MR) is 95.6 cm³/mol. The Morgan fingerprint density at radius 2 is 2.04 bits per heavy atom. The van der Waals surface area contributed by atoms with Crippen LogP contribution in [0.25, 0.3) is 11.3 Å². The molecule has 0 atom stereocenters. The zero-order valence-electron chi connectivity index (χ0n) is 15.2. The molecule has 3 aromatic rings. The second kappa shape index (κ2) is 7.80. The lowest BCUT2D eigenvalue weighted by molar-refractivity contribution is -0.137. The second-order valence-electron chi connectivity index (χ2n) is 6.30. The minimum Gasteiger partial charge on any atom is -0.308 e. The number of halogens is 3. The molecular formula is C17H18F3N7O. The fraction of sp³-hybridized carbons (Fsp3) is 0.294. The van der Waals surface area contributed by atoms with Crippen LogP contribution < -0.4 is 5.32 Å². The highest BCUT2D eigenvalue weighted by atomic mass is 19.4. The SMILES string of the molecule is CN(C)CCn1cnc(NC(=O)c2cc(-c3ccccc3C(F)(F)F)n[nH]2)n1. The van der Waals surface area contributed by atoms with Gasteiger partial charge in [-0.1, -0.05) is 18.2 Å². The molecule has 8 nitrogen and oxygen atoms in total. The monoisotopic (exact) mass is 393 g/mol. The molecule has 0 radical (unpaired) electrons. The van der Waals surface area contributed by atoms with Gasteiger partial charge in [0.2, 0.25) is 5.95 Å². The van der Waals surface area contributed by atoms with Crippen molar-refractivity contribution in [3.8, 4) is 11.3 Å². The van der Waals surface area contributed by atoms with Crippen molar-refractivity contribution in [1.82, 2.24) is 29.9 Å². The van der Waals surface area contributed by atoms with E-state index in [1.54, 1.807) is 4.68 Å². The Labute approximate surface area is 158 Å². The summed E-state index contributed by atoms with van der Waals surface area (Å²) < 4.78 is 41.1. The van der Waals surface area contributed by atoms with Crippen LogP contribution in [-0.4, -0.2) is 56.4 Å². The average Bonchev–Trinajstić information content (AvgIpc) is 3.29. The van der Waals surface area contributed by atoms with Crippen molar-refractivity contribution < 1.29 is 18.0 Å². The van der Waals surface area contributed by atoms with Crippen LogP contribution in [0.4, 0.5) is 19.1 Å². The molecule has 148 valence electrons. The number of anilines is 1. The number of nitrogens with one attached hydrogen (secondary N) is 2. The van der Waals surface area contributed by atoms with E-state index in [2.05, 4.69) is 25.6 Å². The van der Waals surface area contributed by atoms with Gasteiger partial charge in [0.1, 0.15) is 12.0 Å². The first kappa shape index (κ1) is 19.5. The van der Waals surface area contributed by atoms with Crippen LogP contribution >= 0.6 is 0 Å². The summed E-state index contributed by atoms with van der Waals surface area (Å²) in [4.78, 5) is 18.3. The lowest BCUT2D eigenvalue weighted by atomic mass is 10.0. The molecule has 0 bridgehead atoms. The van der Waals surface area contributed by atoms with Crippen molar-refractivity contribution in [3.05, 3.63) is 47.9 Å². The number of benzene rings is 1. The Balaban J connectivity index is 1.74. The third-order valence-electron chi connectivity index (χ3n) is 3.87. The second-order valence-corrected chi connectivity index (χ2v) is 6.30. The molecule has 0 aliphatic carbocycles. The van der Waals surface area contributed by atoms with Gasteiger partial charge in [-0.2, -0.15) is 18.3 Å². The third-order valence-corrected chi connectivity index (χ3v) is 3.87. The quantitative estimate of drug-likeness (QED) is 0.671. The summed E-state index contributed by atoms with van der Waals surface area (Å²) in [6, 6.07) is 6.29. The van der Waals surface area contributed by atoms with Crippen LogP contribution in [0.2, 0.25) is 0 Å². The Kier molecular flexibility index (Phi) is 5.45. The van der Waals surface area contributed by atoms with E-state index in [0.29, 0.717) is 6.54 Å². The molecule has 0 unspecified atom stereocenters. The Morgan fingerprint density at radius 3 is 2.75 bits per heavy atom. The summed E-state index contributed by atoms with van der Waals surface area (Å²) in [6.07, 6.45) is -3.04. The van der Waals surface area contributed by atoms with E-state index in [9.17, 15) is 18.0 Å². The van der Waals surface area contributed by atoms with E-state index in [0.717, 1.165) is 12.6 Å². The van der Waals surface area contributed by atoms with E-state index in [4.69, 9.17) is 0 Å². The third kappa shape index (κ3) is 4.55. The van der Waals surface area contributed by atoms with Crippen LogP contribution in [0.15, 0.2) is 36.7 Å². The Morgan fingerprint density at radius 1 is 1.29 bits per heavy atom. The van der Waals surface area contributed by atoms with Gasteiger partial charge >= 0.3 is 6.18 Å². The first-order valence-electron chi connectivity index (χ1n) is 8.31. The van der Waals surface area contributed by atoms with E-state index in [1.807, 2.05) is 19.0 Å². The fourth-order valence-corrected chi connectivity index (χ4v) is 2.46. The Bertz CT molecular complexity index is 962. The highest BCUT2D eigenvalue weighted by Crippen LogP contribution is 2.36. The van der Waals surface area contributed by atoms with Crippen molar-refractivity contribution >= 4 is 11.9 Å². The number of aromatic amines is 1. The highest BCUT2D eigenvalue weighted by molar-refractivity contribution is 6.02. The molecule has 0 saturated carbocycles.